The first kappa shape index (κ1) is 47.6. The van der Waals surface area contributed by atoms with Crippen LogP contribution in [0, 0.1) is 0 Å². The molecule has 0 saturated heterocycles. The van der Waals surface area contributed by atoms with E-state index in [-0.39, 0.29) is 12.2 Å². The Morgan fingerprint density at radius 3 is 1.32 bits per heavy atom. The van der Waals surface area contributed by atoms with E-state index in [0.717, 1.165) is 0 Å². The molecule has 12 N–H and O–H groups in total. The Labute approximate surface area is 322 Å². The molecule has 0 aliphatic rings. The lowest BCUT2D eigenvalue weighted by Gasteiger charge is -2.24. The van der Waals surface area contributed by atoms with Crippen molar-refractivity contribution < 1.29 is 83.4 Å². The molecular weight excluding hydrogens is 772 g/mol. The SMILES string of the molecule is O=C(O)CC[C@@H](NC(=O)N[C@H](CCC(=O)NC(CCC(=O)NC(CC(=O)O)C(=O)NC(Cc1ccccc1)C(=O)NC(CS)C(=O)O)C(=O)O)C(=O)O)C(=O)O. The summed E-state index contributed by atoms with van der Waals surface area (Å²) in [6.07, 6.45) is -4.99. The minimum atomic E-state index is -1.82. The van der Waals surface area contributed by atoms with Crippen molar-refractivity contribution in [3.8, 4) is 0 Å². The summed E-state index contributed by atoms with van der Waals surface area (Å²) in [5.74, 6) is -13.8. The average molecular weight is 815 g/mol. The Kier molecular flexibility index (Phi) is 20.4. The summed E-state index contributed by atoms with van der Waals surface area (Å²) in [5, 5.41) is 68.1. The van der Waals surface area contributed by atoms with E-state index in [4.69, 9.17) is 10.2 Å². The van der Waals surface area contributed by atoms with Crippen LogP contribution < -0.4 is 31.9 Å². The van der Waals surface area contributed by atoms with Crippen molar-refractivity contribution in [2.75, 3.05) is 5.75 Å². The van der Waals surface area contributed by atoms with Crippen LogP contribution in [0.4, 0.5) is 4.79 Å². The zero-order valence-corrected chi connectivity index (χ0v) is 30.2. The lowest BCUT2D eigenvalue weighted by molar-refractivity contribution is -0.143. The van der Waals surface area contributed by atoms with E-state index in [2.05, 4.69) is 33.9 Å². The number of thiol groups is 1. The molecule has 24 heteroatoms. The van der Waals surface area contributed by atoms with Gasteiger partial charge in [0.1, 0.15) is 36.3 Å². The number of hydrogen-bond acceptors (Lipinski definition) is 12. The maximum Gasteiger partial charge on any atom is 0.327 e. The molecule has 0 radical (unpaired) electrons. The van der Waals surface area contributed by atoms with Crippen LogP contribution in [-0.2, 0) is 54.4 Å². The Balaban J connectivity index is 2.92. The molecule has 0 aliphatic heterocycles. The van der Waals surface area contributed by atoms with Gasteiger partial charge in [-0.3, -0.25) is 28.8 Å². The second-order valence-electron chi connectivity index (χ2n) is 11.9. The van der Waals surface area contributed by atoms with E-state index in [1.807, 2.05) is 10.6 Å². The van der Waals surface area contributed by atoms with Gasteiger partial charge in [0.25, 0.3) is 0 Å². The van der Waals surface area contributed by atoms with Crippen LogP contribution >= 0.6 is 12.6 Å². The molecule has 0 saturated carbocycles. The molecule has 6 atom stereocenters. The minimum Gasteiger partial charge on any atom is -0.481 e. The van der Waals surface area contributed by atoms with Crippen molar-refractivity contribution in [2.24, 2.45) is 0 Å². The van der Waals surface area contributed by atoms with Gasteiger partial charge in [0.2, 0.25) is 23.6 Å². The number of carboxylic acid groups (broad SMARTS) is 6. The van der Waals surface area contributed by atoms with Gasteiger partial charge in [-0.1, -0.05) is 30.3 Å². The average Bonchev–Trinajstić information content (AvgIpc) is 3.11. The van der Waals surface area contributed by atoms with Crippen molar-refractivity contribution in [3.05, 3.63) is 35.9 Å². The molecule has 0 spiro atoms. The highest BCUT2D eigenvalue weighted by Crippen LogP contribution is 2.08. The Morgan fingerprint density at radius 1 is 0.482 bits per heavy atom. The Morgan fingerprint density at radius 2 is 0.893 bits per heavy atom. The molecule has 0 fully saturated rings. The van der Waals surface area contributed by atoms with Gasteiger partial charge in [-0.05, 0) is 24.8 Å². The summed E-state index contributed by atoms with van der Waals surface area (Å²) < 4.78 is 0. The van der Waals surface area contributed by atoms with Gasteiger partial charge < -0.3 is 62.5 Å². The van der Waals surface area contributed by atoms with E-state index in [9.17, 15) is 73.2 Å². The molecule has 6 amide bonds. The number of carboxylic acids is 6. The number of carbonyl (C=O) groups excluding carboxylic acids is 5. The summed E-state index contributed by atoms with van der Waals surface area (Å²) in [4.78, 5) is 132. The fourth-order valence-electron chi connectivity index (χ4n) is 4.66. The number of aliphatic carboxylic acids is 6. The fourth-order valence-corrected chi connectivity index (χ4v) is 4.90. The topological polar surface area (TPSA) is 381 Å². The van der Waals surface area contributed by atoms with E-state index in [0.29, 0.717) is 5.56 Å². The summed E-state index contributed by atoms with van der Waals surface area (Å²) in [6, 6.07) is -3.15. The molecule has 1 aromatic rings. The third-order valence-electron chi connectivity index (χ3n) is 7.55. The smallest absolute Gasteiger partial charge is 0.327 e. The number of benzene rings is 1. The van der Waals surface area contributed by atoms with Gasteiger partial charge in [-0.25, -0.2) is 24.0 Å². The minimum absolute atomic E-state index is 0.179. The molecule has 308 valence electrons. The maximum atomic E-state index is 13.2. The van der Waals surface area contributed by atoms with Crippen molar-refractivity contribution in [1.29, 1.82) is 0 Å². The molecule has 0 bridgehead atoms. The van der Waals surface area contributed by atoms with Crippen molar-refractivity contribution >= 4 is 78.1 Å². The van der Waals surface area contributed by atoms with Crippen LogP contribution in [0.2, 0.25) is 0 Å². The first-order valence-corrected chi connectivity index (χ1v) is 17.1. The van der Waals surface area contributed by atoms with Gasteiger partial charge in [-0.2, -0.15) is 12.6 Å². The highest BCUT2D eigenvalue weighted by Gasteiger charge is 2.32. The van der Waals surface area contributed by atoms with Gasteiger partial charge in [0.15, 0.2) is 0 Å². The van der Waals surface area contributed by atoms with Crippen LogP contribution in [0.5, 0.6) is 0 Å². The first-order valence-electron chi connectivity index (χ1n) is 16.5. The molecular formula is C32H42N6O17S. The number of carbonyl (C=O) groups is 11. The zero-order valence-electron chi connectivity index (χ0n) is 29.3. The number of rotatable bonds is 26. The van der Waals surface area contributed by atoms with E-state index in [1.54, 1.807) is 30.3 Å². The predicted octanol–water partition coefficient (Wildman–Crippen LogP) is -2.63. The summed E-state index contributed by atoms with van der Waals surface area (Å²) >= 11 is 3.88. The lowest BCUT2D eigenvalue weighted by Crippen LogP contribution is -2.57. The quantitative estimate of drug-likeness (QED) is 0.0426. The number of amides is 6. The summed E-state index contributed by atoms with van der Waals surface area (Å²) in [7, 11) is 0. The largest absolute Gasteiger partial charge is 0.481 e. The lowest BCUT2D eigenvalue weighted by atomic mass is 10.0. The standard InChI is InChI=1S/C32H42N6O17S/c39-22(10-7-17(29(49)50)37-32(55)38-18(30(51)52)8-11-24(41)42)33-16(28(47)48)6-9-23(40)34-20(13-25(43)44)27(46)35-19(12-15-4-2-1-3-5-15)26(45)36-21(14-56)31(53)54/h1-5,16-21,56H,6-14H2,(H,33,39)(H,34,40)(H,35,46)(H,36,45)(H,41,42)(H,43,44)(H,47,48)(H,49,50)(H,51,52)(H,53,54)(H2,37,38,55)/t16?,17-,18-,19?,20?,21?/m1/s1. The molecule has 23 nitrogen and oxygen atoms in total. The number of urea groups is 1. The van der Waals surface area contributed by atoms with Gasteiger partial charge >= 0.3 is 41.8 Å². The molecule has 0 heterocycles. The normalized spacial score (nSPS) is 13.8. The van der Waals surface area contributed by atoms with Crippen molar-refractivity contribution in [3.63, 3.8) is 0 Å². The highest BCUT2D eigenvalue weighted by molar-refractivity contribution is 7.80. The van der Waals surface area contributed by atoms with Crippen LogP contribution in [0.1, 0.15) is 50.5 Å². The van der Waals surface area contributed by atoms with E-state index in [1.165, 1.54) is 0 Å². The molecule has 1 rings (SSSR count). The van der Waals surface area contributed by atoms with Crippen LogP contribution in [0.25, 0.3) is 0 Å². The maximum absolute atomic E-state index is 13.2. The fraction of sp³-hybridized carbons (Fsp3) is 0.469. The molecule has 1 aromatic carbocycles. The van der Waals surface area contributed by atoms with Crippen molar-refractivity contribution in [1.82, 2.24) is 31.9 Å². The Bertz CT molecular complexity index is 1630. The van der Waals surface area contributed by atoms with Gasteiger partial charge in [0, 0.05) is 31.4 Å². The third kappa shape index (κ3) is 18.5. The number of nitrogens with one attached hydrogen (secondary N) is 6. The van der Waals surface area contributed by atoms with Gasteiger partial charge in [0.05, 0.1) is 6.42 Å². The molecule has 4 unspecified atom stereocenters. The second kappa shape index (κ2) is 24.0. The van der Waals surface area contributed by atoms with E-state index < -0.39 is 147 Å². The first-order chi connectivity index (χ1) is 26.2. The predicted molar refractivity (Wildman–Crippen MR) is 189 cm³/mol. The molecule has 0 aromatic heterocycles. The number of hydrogen-bond donors (Lipinski definition) is 13. The second-order valence-corrected chi connectivity index (χ2v) is 12.3. The Hall–Kier alpha value is -6.46. The van der Waals surface area contributed by atoms with Crippen LogP contribution in [0.15, 0.2) is 30.3 Å². The van der Waals surface area contributed by atoms with Crippen LogP contribution in [0.3, 0.4) is 0 Å². The van der Waals surface area contributed by atoms with E-state index >= 15 is 0 Å². The molecule has 0 aliphatic carbocycles. The monoisotopic (exact) mass is 814 g/mol. The van der Waals surface area contributed by atoms with Crippen molar-refractivity contribution in [2.45, 2.75) is 87.6 Å². The third-order valence-corrected chi connectivity index (χ3v) is 7.92. The highest BCUT2D eigenvalue weighted by atomic mass is 32.1. The van der Waals surface area contributed by atoms with Crippen LogP contribution in [-0.4, -0.2) is 138 Å². The summed E-state index contributed by atoms with van der Waals surface area (Å²) in [5.41, 5.74) is 0.519. The summed E-state index contributed by atoms with van der Waals surface area (Å²) in [6.45, 7) is 0. The molecule has 56 heavy (non-hydrogen) atoms. The zero-order chi connectivity index (χ0) is 42.5. The van der Waals surface area contributed by atoms with Gasteiger partial charge in [-0.15, -0.1) is 0 Å².